The van der Waals surface area contributed by atoms with Crippen LogP contribution in [0.5, 0.6) is 0 Å². The molecule has 128 valence electrons. The summed E-state index contributed by atoms with van der Waals surface area (Å²) in [6, 6.07) is 5.40. The number of hydrogen-bond acceptors (Lipinski definition) is 4. The van der Waals surface area contributed by atoms with E-state index in [4.69, 9.17) is 16.1 Å². The second kappa shape index (κ2) is 6.81. The molecule has 0 aliphatic carbocycles. The summed E-state index contributed by atoms with van der Waals surface area (Å²) in [6.07, 6.45) is 0.801. The van der Waals surface area contributed by atoms with Crippen molar-refractivity contribution < 1.29 is 9.32 Å². The lowest BCUT2D eigenvalue weighted by Crippen LogP contribution is -2.45. The van der Waals surface area contributed by atoms with E-state index in [1.165, 1.54) is 5.56 Å². The first kappa shape index (κ1) is 16.8. The number of aryl methyl sites for hydroxylation is 1. The summed E-state index contributed by atoms with van der Waals surface area (Å²) in [6.45, 7) is 7.02. The van der Waals surface area contributed by atoms with Gasteiger partial charge in [0.1, 0.15) is 6.04 Å². The van der Waals surface area contributed by atoms with Crippen LogP contribution in [0.3, 0.4) is 0 Å². The molecule has 0 spiro atoms. The molecule has 3 rings (SSSR count). The molecule has 0 radical (unpaired) electrons. The maximum atomic E-state index is 12.7. The van der Waals surface area contributed by atoms with E-state index in [2.05, 4.69) is 15.5 Å². The number of aromatic nitrogens is 2. The SMILES string of the molecule is Cc1noc(C(NC(=O)N2CCc3cc(Cl)ccc3C2)C(C)C)n1. The van der Waals surface area contributed by atoms with Gasteiger partial charge in [-0.25, -0.2) is 4.79 Å². The highest BCUT2D eigenvalue weighted by Gasteiger charge is 2.28. The van der Waals surface area contributed by atoms with Gasteiger partial charge in [0.05, 0.1) is 0 Å². The van der Waals surface area contributed by atoms with Gasteiger partial charge in [0, 0.05) is 18.1 Å². The second-order valence-electron chi connectivity index (χ2n) is 6.44. The Morgan fingerprint density at radius 3 is 2.83 bits per heavy atom. The number of nitrogens with zero attached hydrogens (tertiary/aromatic N) is 3. The van der Waals surface area contributed by atoms with Gasteiger partial charge in [-0.1, -0.05) is 36.7 Å². The zero-order valence-corrected chi connectivity index (χ0v) is 14.8. The maximum Gasteiger partial charge on any atom is 0.318 e. The molecule has 1 aromatic carbocycles. The molecule has 0 saturated heterocycles. The molecule has 0 bridgehead atoms. The van der Waals surface area contributed by atoms with Crippen molar-refractivity contribution in [2.75, 3.05) is 6.54 Å². The highest BCUT2D eigenvalue weighted by atomic mass is 35.5. The van der Waals surface area contributed by atoms with E-state index in [1.807, 2.05) is 32.0 Å². The van der Waals surface area contributed by atoms with Crippen LogP contribution < -0.4 is 5.32 Å². The van der Waals surface area contributed by atoms with Crippen molar-refractivity contribution in [3.63, 3.8) is 0 Å². The zero-order valence-electron chi connectivity index (χ0n) is 14.0. The first-order valence-corrected chi connectivity index (χ1v) is 8.45. The van der Waals surface area contributed by atoms with Crippen LogP contribution >= 0.6 is 11.6 Å². The molecule has 2 aromatic rings. The predicted octanol–water partition coefficient (Wildman–Crippen LogP) is 3.50. The Morgan fingerprint density at radius 2 is 2.17 bits per heavy atom. The van der Waals surface area contributed by atoms with Crippen LogP contribution in [-0.4, -0.2) is 27.6 Å². The largest absolute Gasteiger partial charge is 0.337 e. The van der Waals surface area contributed by atoms with Gasteiger partial charge in [-0.15, -0.1) is 0 Å². The molecule has 2 heterocycles. The molecule has 2 amide bonds. The fraction of sp³-hybridized carbons (Fsp3) is 0.471. The summed E-state index contributed by atoms with van der Waals surface area (Å²) in [5, 5.41) is 7.57. The number of amides is 2. The molecule has 0 saturated carbocycles. The van der Waals surface area contributed by atoms with Crippen molar-refractivity contribution in [2.24, 2.45) is 5.92 Å². The number of benzene rings is 1. The highest BCUT2D eigenvalue weighted by Crippen LogP contribution is 2.24. The molecule has 0 fully saturated rings. The molecule has 1 aliphatic heterocycles. The molecule has 1 N–H and O–H groups in total. The number of carbonyl (C=O) groups excluding carboxylic acids is 1. The van der Waals surface area contributed by atoms with Crippen LogP contribution in [0, 0.1) is 12.8 Å². The van der Waals surface area contributed by atoms with Crippen LogP contribution in [0.1, 0.15) is 42.7 Å². The summed E-state index contributed by atoms with van der Waals surface area (Å²) in [4.78, 5) is 18.7. The molecule has 7 heteroatoms. The summed E-state index contributed by atoms with van der Waals surface area (Å²) in [5.74, 6) is 1.15. The van der Waals surface area contributed by atoms with Crippen LogP contribution in [0.25, 0.3) is 0 Å². The molecule has 24 heavy (non-hydrogen) atoms. The molecule has 1 aromatic heterocycles. The third-order valence-electron chi connectivity index (χ3n) is 4.22. The van der Waals surface area contributed by atoms with Gasteiger partial charge in [-0.2, -0.15) is 4.98 Å². The average Bonchev–Trinajstić information content (AvgIpc) is 2.97. The van der Waals surface area contributed by atoms with E-state index < -0.39 is 0 Å². The Kier molecular flexibility index (Phi) is 4.76. The number of hydrogen-bond donors (Lipinski definition) is 1. The molecule has 6 nitrogen and oxygen atoms in total. The van der Waals surface area contributed by atoms with Crippen molar-refractivity contribution in [3.8, 4) is 0 Å². The lowest BCUT2D eigenvalue weighted by molar-refractivity contribution is 0.179. The number of halogens is 1. The first-order chi connectivity index (χ1) is 11.4. The van der Waals surface area contributed by atoms with Crippen molar-refractivity contribution in [1.82, 2.24) is 20.4 Å². The summed E-state index contributed by atoms with van der Waals surface area (Å²) >= 11 is 6.03. The third kappa shape index (κ3) is 3.53. The Labute approximate surface area is 146 Å². The summed E-state index contributed by atoms with van der Waals surface area (Å²) in [5.41, 5.74) is 2.34. The van der Waals surface area contributed by atoms with Crippen molar-refractivity contribution in [1.29, 1.82) is 0 Å². The number of rotatable bonds is 3. The van der Waals surface area contributed by atoms with Gasteiger partial charge < -0.3 is 14.7 Å². The number of fused-ring (bicyclic) bond motifs is 1. The minimum absolute atomic E-state index is 0.120. The lowest BCUT2D eigenvalue weighted by atomic mass is 10.00. The Hall–Kier alpha value is -2.08. The van der Waals surface area contributed by atoms with Gasteiger partial charge >= 0.3 is 6.03 Å². The predicted molar refractivity (Wildman–Crippen MR) is 90.7 cm³/mol. The number of nitrogens with one attached hydrogen (secondary N) is 1. The first-order valence-electron chi connectivity index (χ1n) is 8.07. The molecular weight excluding hydrogens is 328 g/mol. The van der Waals surface area contributed by atoms with E-state index in [0.29, 0.717) is 24.8 Å². The van der Waals surface area contributed by atoms with Crippen LogP contribution in [0.4, 0.5) is 4.79 Å². The van der Waals surface area contributed by atoms with Gasteiger partial charge in [0.15, 0.2) is 5.82 Å². The topological polar surface area (TPSA) is 71.3 Å². The third-order valence-corrected chi connectivity index (χ3v) is 4.46. The molecular formula is C17H21ClN4O2. The minimum atomic E-state index is -0.301. The van der Waals surface area contributed by atoms with Crippen LogP contribution in [-0.2, 0) is 13.0 Å². The smallest absolute Gasteiger partial charge is 0.318 e. The van der Waals surface area contributed by atoms with Crippen LogP contribution in [0.15, 0.2) is 22.7 Å². The van der Waals surface area contributed by atoms with E-state index >= 15 is 0 Å². The fourth-order valence-electron chi connectivity index (χ4n) is 2.87. The Bertz CT molecular complexity index is 744. The quantitative estimate of drug-likeness (QED) is 0.921. The van der Waals surface area contributed by atoms with Crippen molar-refractivity contribution in [2.45, 2.75) is 39.8 Å². The highest BCUT2D eigenvalue weighted by molar-refractivity contribution is 6.30. The van der Waals surface area contributed by atoms with Gasteiger partial charge in [-0.05, 0) is 42.5 Å². The summed E-state index contributed by atoms with van der Waals surface area (Å²) < 4.78 is 5.24. The second-order valence-corrected chi connectivity index (χ2v) is 6.87. The van der Waals surface area contributed by atoms with Crippen molar-refractivity contribution >= 4 is 17.6 Å². The fourth-order valence-corrected chi connectivity index (χ4v) is 3.07. The van der Waals surface area contributed by atoms with Gasteiger partial charge in [-0.3, -0.25) is 0 Å². The standard InChI is InChI=1S/C17H21ClN4O2/c1-10(2)15(16-19-11(3)21-24-16)20-17(23)22-7-6-12-8-14(18)5-4-13(12)9-22/h4-5,8,10,15H,6-7,9H2,1-3H3,(H,20,23). The lowest BCUT2D eigenvalue weighted by Gasteiger charge is -2.31. The van der Waals surface area contributed by atoms with Crippen molar-refractivity contribution in [3.05, 3.63) is 46.1 Å². The van der Waals surface area contributed by atoms with E-state index in [9.17, 15) is 4.79 Å². The molecule has 1 aliphatic rings. The molecule has 1 atom stereocenters. The summed E-state index contributed by atoms with van der Waals surface area (Å²) in [7, 11) is 0. The van der Waals surface area contributed by atoms with Gasteiger partial charge in [0.25, 0.3) is 0 Å². The van der Waals surface area contributed by atoms with Crippen LogP contribution in [0.2, 0.25) is 5.02 Å². The van der Waals surface area contributed by atoms with E-state index in [-0.39, 0.29) is 18.0 Å². The Morgan fingerprint density at radius 1 is 1.38 bits per heavy atom. The van der Waals surface area contributed by atoms with E-state index in [0.717, 1.165) is 17.0 Å². The maximum absolute atomic E-state index is 12.7. The zero-order chi connectivity index (χ0) is 17.3. The average molecular weight is 349 g/mol. The Balaban J connectivity index is 1.71. The number of carbonyl (C=O) groups is 1. The number of urea groups is 1. The normalized spacial score (nSPS) is 15.3. The van der Waals surface area contributed by atoms with E-state index in [1.54, 1.807) is 11.8 Å². The van der Waals surface area contributed by atoms with Gasteiger partial charge in [0.2, 0.25) is 5.89 Å². The minimum Gasteiger partial charge on any atom is -0.337 e. The monoisotopic (exact) mass is 348 g/mol. The molecule has 1 unspecified atom stereocenters.